The van der Waals surface area contributed by atoms with Crippen LogP contribution in [0.5, 0.6) is 0 Å². The van der Waals surface area contributed by atoms with Gasteiger partial charge in [0.1, 0.15) is 6.04 Å². The minimum absolute atomic E-state index is 0.167. The third-order valence-electron chi connectivity index (χ3n) is 4.55. The van der Waals surface area contributed by atoms with E-state index in [9.17, 15) is 9.59 Å². The van der Waals surface area contributed by atoms with Crippen molar-refractivity contribution in [1.82, 2.24) is 9.78 Å². The van der Waals surface area contributed by atoms with Crippen LogP contribution in [-0.2, 0) is 4.79 Å². The van der Waals surface area contributed by atoms with E-state index in [0.717, 1.165) is 16.8 Å². The van der Waals surface area contributed by atoms with Crippen molar-refractivity contribution < 1.29 is 4.79 Å². The number of hydrogen-bond acceptors (Lipinski definition) is 3. The monoisotopic (exact) mass is 361 g/mol. The fourth-order valence-corrected chi connectivity index (χ4v) is 2.98. The molecule has 0 radical (unpaired) electrons. The van der Waals surface area contributed by atoms with Crippen LogP contribution in [0.1, 0.15) is 25.5 Å². The third kappa shape index (κ3) is 3.97. The minimum Gasteiger partial charge on any atom is -0.311 e. The van der Waals surface area contributed by atoms with Crippen LogP contribution in [0.15, 0.2) is 71.5 Å². The van der Waals surface area contributed by atoms with E-state index < -0.39 is 6.04 Å². The lowest BCUT2D eigenvalue weighted by Crippen LogP contribution is -2.40. The van der Waals surface area contributed by atoms with E-state index in [1.165, 1.54) is 10.7 Å². The van der Waals surface area contributed by atoms with Gasteiger partial charge in [-0.3, -0.25) is 9.59 Å². The quantitative estimate of drug-likeness (QED) is 0.694. The molecule has 5 heteroatoms. The van der Waals surface area contributed by atoms with Gasteiger partial charge in [0, 0.05) is 23.9 Å². The zero-order chi connectivity index (χ0) is 19.4. The second-order valence-electron chi connectivity index (χ2n) is 6.46. The number of anilines is 1. The molecule has 138 valence electrons. The molecule has 3 rings (SSSR count). The van der Waals surface area contributed by atoms with Crippen LogP contribution in [-0.4, -0.2) is 22.2 Å². The molecule has 0 saturated heterocycles. The van der Waals surface area contributed by atoms with Crippen molar-refractivity contribution in [2.45, 2.75) is 26.8 Å². The summed E-state index contributed by atoms with van der Waals surface area (Å²) in [6.45, 7) is 6.15. The Kier molecular flexibility index (Phi) is 5.50. The number of carbonyl (C=O) groups is 1. The molecule has 1 aromatic heterocycles. The van der Waals surface area contributed by atoms with Gasteiger partial charge in [-0.15, -0.1) is 0 Å². The van der Waals surface area contributed by atoms with Gasteiger partial charge in [0.25, 0.3) is 11.5 Å². The molecular weight excluding hydrogens is 338 g/mol. The second-order valence-corrected chi connectivity index (χ2v) is 6.46. The minimum atomic E-state index is -0.706. The molecule has 0 aliphatic rings. The molecule has 1 atom stereocenters. The van der Waals surface area contributed by atoms with Gasteiger partial charge in [0.2, 0.25) is 0 Å². The van der Waals surface area contributed by atoms with Crippen LogP contribution in [0.4, 0.5) is 5.69 Å². The molecule has 0 fully saturated rings. The van der Waals surface area contributed by atoms with E-state index in [1.54, 1.807) is 17.9 Å². The number of aryl methyl sites for hydroxylation is 1. The summed E-state index contributed by atoms with van der Waals surface area (Å²) in [7, 11) is 0. The molecule has 1 unspecified atom stereocenters. The van der Waals surface area contributed by atoms with Crippen LogP contribution in [0.2, 0.25) is 0 Å². The number of nitrogens with zero attached hydrogens (tertiary/aromatic N) is 3. The molecule has 27 heavy (non-hydrogen) atoms. The Bertz CT molecular complexity index is 978. The normalized spacial score (nSPS) is 11.8. The van der Waals surface area contributed by atoms with Gasteiger partial charge >= 0.3 is 0 Å². The summed E-state index contributed by atoms with van der Waals surface area (Å²) in [5.41, 5.74) is 3.23. The first kappa shape index (κ1) is 18.6. The smallest absolute Gasteiger partial charge is 0.267 e. The van der Waals surface area contributed by atoms with E-state index in [-0.39, 0.29) is 11.5 Å². The Morgan fingerprint density at radius 2 is 1.70 bits per heavy atom. The van der Waals surface area contributed by atoms with Crippen molar-refractivity contribution in [2.24, 2.45) is 0 Å². The fraction of sp³-hybridized carbons (Fsp3) is 0.227. The van der Waals surface area contributed by atoms with E-state index in [0.29, 0.717) is 12.2 Å². The molecule has 2 aromatic carbocycles. The van der Waals surface area contributed by atoms with Crippen LogP contribution < -0.4 is 10.5 Å². The number of likely N-dealkylation sites (N-methyl/N-ethyl adjacent to an activating group) is 1. The van der Waals surface area contributed by atoms with Gasteiger partial charge in [-0.1, -0.05) is 48.0 Å². The van der Waals surface area contributed by atoms with Gasteiger partial charge in [0.05, 0.1) is 5.69 Å². The summed E-state index contributed by atoms with van der Waals surface area (Å²) in [4.78, 5) is 27.1. The Labute approximate surface area is 158 Å². The topological polar surface area (TPSA) is 55.2 Å². The first-order chi connectivity index (χ1) is 13.0. The zero-order valence-corrected chi connectivity index (χ0v) is 15.8. The van der Waals surface area contributed by atoms with Crippen LogP contribution in [0.25, 0.3) is 11.3 Å². The third-order valence-corrected chi connectivity index (χ3v) is 4.55. The van der Waals surface area contributed by atoms with Crippen molar-refractivity contribution in [1.29, 1.82) is 0 Å². The molecule has 0 aliphatic heterocycles. The molecule has 0 saturated carbocycles. The van der Waals surface area contributed by atoms with Crippen LogP contribution >= 0.6 is 0 Å². The maximum Gasteiger partial charge on any atom is 0.267 e. The summed E-state index contributed by atoms with van der Waals surface area (Å²) in [5, 5.41) is 4.46. The first-order valence-electron chi connectivity index (χ1n) is 9.04. The largest absolute Gasteiger partial charge is 0.311 e. The van der Waals surface area contributed by atoms with E-state index in [4.69, 9.17) is 0 Å². The van der Waals surface area contributed by atoms with Crippen molar-refractivity contribution in [2.75, 3.05) is 11.4 Å². The number of aromatic nitrogens is 2. The van der Waals surface area contributed by atoms with Crippen molar-refractivity contribution >= 4 is 11.6 Å². The second kappa shape index (κ2) is 7.99. The average molecular weight is 361 g/mol. The highest BCUT2D eigenvalue weighted by atomic mass is 16.2. The summed E-state index contributed by atoms with van der Waals surface area (Å²) in [5.74, 6) is -0.167. The van der Waals surface area contributed by atoms with Gasteiger partial charge in [-0.25, -0.2) is 4.68 Å². The lowest BCUT2D eigenvalue weighted by molar-refractivity contribution is -0.121. The SMILES string of the molecule is CCN(C(=O)C(C)n1nc(-c2ccc(C)cc2)ccc1=O)c1ccccc1. The molecule has 5 nitrogen and oxygen atoms in total. The summed E-state index contributed by atoms with van der Waals surface area (Å²) >= 11 is 0. The predicted octanol–water partition coefficient (Wildman–Crippen LogP) is 3.83. The molecular formula is C22H23N3O2. The van der Waals surface area contributed by atoms with E-state index in [1.807, 2.05) is 68.4 Å². The molecule has 0 spiro atoms. The standard InChI is InChI=1S/C22H23N3O2/c1-4-24(19-8-6-5-7-9-19)22(27)17(3)25-21(26)15-14-20(23-25)18-12-10-16(2)11-13-18/h5-15,17H,4H2,1-3H3. The number of hydrogen-bond donors (Lipinski definition) is 0. The Hall–Kier alpha value is -3.21. The number of para-hydroxylation sites is 1. The predicted molar refractivity (Wildman–Crippen MR) is 108 cm³/mol. The van der Waals surface area contributed by atoms with Crippen LogP contribution in [0, 0.1) is 6.92 Å². The maximum atomic E-state index is 13.0. The lowest BCUT2D eigenvalue weighted by atomic mass is 10.1. The van der Waals surface area contributed by atoms with E-state index >= 15 is 0 Å². The molecule has 0 aliphatic carbocycles. The van der Waals surface area contributed by atoms with E-state index in [2.05, 4.69) is 5.10 Å². The summed E-state index contributed by atoms with van der Waals surface area (Å²) < 4.78 is 1.27. The molecule has 1 heterocycles. The highest BCUT2D eigenvalue weighted by molar-refractivity contribution is 5.95. The molecule has 0 N–H and O–H groups in total. The highest BCUT2D eigenvalue weighted by Crippen LogP contribution is 2.19. The van der Waals surface area contributed by atoms with Gasteiger partial charge in [-0.2, -0.15) is 5.10 Å². The fourth-order valence-electron chi connectivity index (χ4n) is 2.98. The van der Waals surface area contributed by atoms with Crippen molar-refractivity contribution in [3.8, 4) is 11.3 Å². The van der Waals surface area contributed by atoms with Crippen molar-refractivity contribution in [3.63, 3.8) is 0 Å². The lowest BCUT2D eigenvalue weighted by Gasteiger charge is -2.25. The Balaban J connectivity index is 1.95. The van der Waals surface area contributed by atoms with Gasteiger partial charge < -0.3 is 4.90 Å². The first-order valence-corrected chi connectivity index (χ1v) is 9.04. The number of rotatable bonds is 5. The Morgan fingerprint density at radius 3 is 2.33 bits per heavy atom. The zero-order valence-electron chi connectivity index (χ0n) is 15.8. The number of amides is 1. The van der Waals surface area contributed by atoms with Gasteiger partial charge in [0.15, 0.2) is 0 Å². The molecule has 1 amide bonds. The highest BCUT2D eigenvalue weighted by Gasteiger charge is 2.24. The molecule has 0 bridgehead atoms. The number of benzene rings is 2. The molecule has 3 aromatic rings. The Morgan fingerprint density at radius 1 is 1.04 bits per heavy atom. The van der Waals surface area contributed by atoms with Crippen molar-refractivity contribution in [3.05, 3.63) is 82.6 Å². The summed E-state index contributed by atoms with van der Waals surface area (Å²) in [6, 6.07) is 19.8. The average Bonchev–Trinajstić information content (AvgIpc) is 2.70. The number of carbonyl (C=O) groups excluding carboxylic acids is 1. The van der Waals surface area contributed by atoms with Crippen LogP contribution in [0.3, 0.4) is 0 Å². The maximum absolute atomic E-state index is 13.0. The van der Waals surface area contributed by atoms with Gasteiger partial charge in [-0.05, 0) is 39.0 Å². The summed E-state index contributed by atoms with van der Waals surface area (Å²) in [6.07, 6.45) is 0.